The van der Waals surface area contributed by atoms with Crippen molar-refractivity contribution in [3.05, 3.63) is 54.6 Å². The molecule has 6 nitrogen and oxygen atoms in total. The maximum Gasteiger partial charge on any atom is 0.263 e. The lowest BCUT2D eigenvalue weighted by atomic mass is 9.85. The van der Waals surface area contributed by atoms with E-state index in [1.807, 2.05) is 35.2 Å². The van der Waals surface area contributed by atoms with E-state index in [9.17, 15) is 8.42 Å². The molecule has 24 heavy (non-hydrogen) atoms. The van der Waals surface area contributed by atoms with E-state index in [1.54, 1.807) is 12.1 Å². The van der Waals surface area contributed by atoms with Crippen LogP contribution in [0.15, 0.2) is 53.9 Å². The second-order valence-electron chi connectivity index (χ2n) is 6.37. The molecule has 0 aliphatic carbocycles. The van der Waals surface area contributed by atoms with Gasteiger partial charge in [0.25, 0.3) is 10.0 Å². The van der Waals surface area contributed by atoms with Crippen LogP contribution in [-0.4, -0.2) is 22.3 Å². The van der Waals surface area contributed by atoms with Crippen LogP contribution in [-0.2, 0) is 15.4 Å². The lowest BCUT2D eigenvalue weighted by molar-refractivity contribution is 0.581. The van der Waals surface area contributed by atoms with Crippen molar-refractivity contribution >= 4 is 26.7 Å². The lowest BCUT2D eigenvalue weighted by Crippen LogP contribution is -2.18. The fourth-order valence-corrected chi connectivity index (χ4v) is 4.08. The van der Waals surface area contributed by atoms with E-state index in [1.165, 1.54) is 6.33 Å². The monoisotopic (exact) mass is 362 g/mol. The molecule has 0 unspecified atom stereocenters. The molecule has 0 atom stereocenters. The van der Waals surface area contributed by atoms with E-state index in [0.717, 1.165) is 22.8 Å². The summed E-state index contributed by atoms with van der Waals surface area (Å²) in [6.07, 6.45) is 5.20. The Morgan fingerprint density at radius 1 is 1.17 bits per heavy atom. The van der Waals surface area contributed by atoms with Gasteiger partial charge in [0.2, 0.25) is 5.13 Å². The van der Waals surface area contributed by atoms with Crippen LogP contribution >= 0.6 is 11.5 Å². The fraction of sp³-hybridized carbons (Fsp3) is 0.250. The fourth-order valence-electron chi connectivity index (χ4n) is 2.40. The maximum absolute atomic E-state index is 12.6. The largest absolute Gasteiger partial charge is 0.324 e. The third-order valence-corrected chi connectivity index (χ3v) is 5.60. The van der Waals surface area contributed by atoms with Crippen LogP contribution in [0.4, 0.5) is 5.13 Å². The maximum atomic E-state index is 12.6. The first-order valence-corrected chi connectivity index (χ1v) is 9.60. The molecule has 0 spiro atoms. The third-order valence-electron chi connectivity index (χ3n) is 3.55. The van der Waals surface area contributed by atoms with Gasteiger partial charge in [-0.2, -0.15) is 4.37 Å². The number of anilines is 1. The predicted molar refractivity (Wildman–Crippen MR) is 95.2 cm³/mol. The summed E-state index contributed by atoms with van der Waals surface area (Å²) in [7, 11) is -3.70. The molecule has 2 aromatic heterocycles. The zero-order valence-electron chi connectivity index (χ0n) is 13.6. The Morgan fingerprint density at radius 3 is 2.46 bits per heavy atom. The first-order valence-electron chi connectivity index (χ1n) is 7.35. The van der Waals surface area contributed by atoms with Crippen molar-refractivity contribution in [2.45, 2.75) is 31.1 Å². The van der Waals surface area contributed by atoms with Crippen molar-refractivity contribution in [1.82, 2.24) is 13.9 Å². The van der Waals surface area contributed by atoms with Crippen LogP contribution in [0, 0.1) is 0 Å². The van der Waals surface area contributed by atoms with Gasteiger partial charge in [-0.05, 0) is 41.3 Å². The number of rotatable bonds is 4. The Morgan fingerprint density at radius 2 is 1.88 bits per heavy atom. The van der Waals surface area contributed by atoms with E-state index in [2.05, 4.69) is 34.9 Å². The molecule has 0 aliphatic rings. The number of hydrogen-bond acceptors (Lipinski definition) is 5. The van der Waals surface area contributed by atoms with E-state index in [-0.39, 0.29) is 15.4 Å². The number of sulfonamides is 1. The highest BCUT2D eigenvalue weighted by atomic mass is 32.2. The van der Waals surface area contributed by atoms with Gasteiger partial charge in [0, 0.05) is 29.6 Å². The van der Waals surface area contributed by atoms with Gasteiger partial charge >= 0.3 is 0 Å². The lowest BCUT2D eigenvalue weighted by Gasteiger charge is -2.24. The second kappa shape index (κ2) is 6.03. The standard InChI is InChI=1S/C16H18N4O2S2/c1-16(2,3)13-10-12(6-7-14(13)20-8-4-5-9-20)24(21,22)19-15-17-11-18-23-15/h4-11H,1-3H3,(H,17,18,19). The van der Waals surface area contributed by atoms with Crippen molar-refractivity contribution in [3.63, 3.8) is 0 Å². The van der Waals surface area contributed by atoms with E-state index >= 15 is 0 Å². The van der Waals surface area contributed by atoms with E-state index < -0.39 is 10.0 Å². The van der Waals surface area contributed by atoms with Gasteiger partial charge in [-0.3, -0.25) is 4.72 Å². The van der Waals surface area contributed by atoms with Gasteiger partial charge < -0.3 is 4.57 Å². The highest BCUT2D eigenvalue weighted by Crippen LogP contribution is 2.31. The van der Waals surface area contributed by atoms with E-state index in [0.29, 0.717) is 0 Å². The molecule has 3 aromatic rings. The molecule has 126 valence electrons. The average Bonchev–Trinajstić information content (AvgIpc) is 3.18. The summed E-state index contributed by atoms with van der Waals surface area (Å²) in [4.78, 5) is 4.08. The molecule has 0 saturated carbocycles. The Hall–Kier alpha value is -2.19. The number of nitrogens with one attached hydrogen (secondary N) is 1. The van der Waals surface area contributed by atoms with Crippen LogP contribution in [0.1, 0.15) is 26.3 Å². The van der Waals surface area contributed by atoms with E-state index in [4.69, 9.17) is 0 Å². The van der Waals surface area contributed by atoms with Crippen molar-refractivity contribution < 1.29 is 8.42 Å². The Labute approximate surface area is 145 Å². The molecule has 2 heterocycles. The minimum Gasteiger partial charge on any atom is -0.324 e. The van der Waals surface area contributed by atoms with Gasteiger partial charge in [-0.1, -0.05) is 20.8 Å². The minimum atomic E-state index is -3.70. The molecule has 1 aromatic carbocycles. The molecular formula is C16H18N4O2S2. The SMILES string of the molecule is CC(C)(C)c1cc(S(=O)(=O)Nc2ncns2)ccc1-n1cccc1. The summed E-state index contributed by atoms with van der Waals surface area (Å²) < 4.78 is 33.4. The molecule has 0 radical (unpaired) electrons. The zero-order chi connectivity index (χ0) is 17.4. The molecule has 0 saturated heterocycles. The molecule has 0 amide bonds. The zero-order valence-corrected chi connectivity index (χ0v) is 15.2. The quantitative estimate of drug-likeness (QED) is 0.771. The summed E-state index contributed by atoms with van der Waals surface area (Å²) in [6, 6.07) is 9.03. The number of nitrogens with zero attached hydrogens (tertiary/aromatic N) is 3. The van der Waals surface area contributed by atoms with Crippen molar-refractivity contribution in [2.75, 3.05) is 4.72 Å². The molecule has 8 heteroatoms. The minimum absolute atomic E-state index is 0.207. The summed E-state index contributed by atoms with van der Waals surface area (Å²) in [5, 5.41) is 0.252. The van der Waals surface area contributed by atoms with Crippen molar-refractivity contribution in [3.8, 4) is 5.69 Å². The summed E-state index contributed by atoms with van der Waals surface area (Å²) in [5.41, 5.74) is 1.69. The molecule has 1 N–H and O–H groups in total. The van der Waals surface area contributed by atoms with Crippen LogP contribution in [0.2, 0.25) is 0 Å². The number of hydrogen-bond donors (Lipinski definition) is 1. The normalized spacial score (nSPS) is 12.3. The highest BCUT2D eigenvalue weighted by molar-refractivity contribution is 7.93. The van der Waals surface area contributed by atoms with Crippen molar-refractivity contribution in [1.29, 1.82) is 0 Å². The smallest absolute Gasteiger partial charge is 0.263 e. The van der Waals surface area contributed by atoms with Gasteiger partial charge in [0.05, 0.1) is 4.90 Å². The predicted octanol–water partition coefficient (Wildman–Crippen LogP) is 3.43. The Balaban J connectivity index is 2.08. The highest BCUT2D eigenvalue weighted by Gasteiger charge is 2.23. The topological polar surface area (TPSA) is 76.9 Å². The molecule has 3 rings (SSSR count). The summed E-state index contributed by atoms with van der Waals surface area (Å²) in [5.74, 6) is 0. The number of aromatic nitrogens is 3. The first kappa shape index (κ1) is 16.7. The molecular weight excluding hydrogens is 344 g/mol. The van der Waals surface area contributed by atoms with Crippen LogP contribution in [0.3, 0.4) is 0 Å². The van der Waals surface area contributed by atoms with Gasteiger partial charge in [0.1, 0.15) is 6.33 Å². The summed E-state index contributed by atoms with van der Waals surface area (Å²) in [6.45, 7) is 6.18. The van der Waals surface area contributed by atoms with Crippen molar-refractivity contribution in [2.24, 2.45) is 0 Å². The van der Waals surface area contributed by atoms with Crippen LogP contribution < -0.4 is 4.72 Å². The average molecular weight is 362 g/mol. The molecule has 0 bridgehead atoms. The Kier molecular flexibility index (Phi) is 4.18. The van der Waals surface area contributed by atoms with Gasteiger partial charge in [-0.25, -0.2) is 13.4 Å². The van der Waals surface area contributed by atoms with Crippen LogP contribution in [0.25, 0.3) is 5.69 Å². The molecule has 0 fully saturated rings. The third kappa shape index (κ3) is 3.34. The van der Waals surface area contributed by atoms with Crippen LogP contribution in [0.5, 0.6) is 0 Å². The first-order chi connectivity index (χ1) is 11.3. The summed E-state index contributed by atoms with van der Waals surface area (Å²) >= 11 is 1.000. The molecule has 0 aliphatic heterocycles. The van der Waals surface area contributed by atoms with Gasteiger partial charge in [-0.15, -0.1) is 0 Å². The second-order valence-corrected chi connectivity index (χ2v) is 8.83. The Bertz CT molecular complexity index is 925. The number of benzene rings is 1. The van der Waals surface area contributed by atoms with Gasteiger partial charge in [0.15, 0.2) is 0 Å².